The maximum absolute atomic E-state index is 13.1. The molecule has 0 aliphatic rings. The van der Waals surface area contributed by atoms with Crippen molar-refractivity contribution in [2.45, 2.75) is 20.3 Å². The molecular formula is C14H13ClFNO2S. The normalized spacial score (nSPS) is 10.6. The summed E-state index contributed by atoms with van der Waals surface area (Å²) in [4.78, 5) is 16.6. The summed E-state index contributed by atoms with van der Waals surface area (Å²) in [6.45, 7) is 3.86. The first kappa shape index (κ1) is 14.9. The van der Waals surface area contributed by atoms with Gasteiger partial charge in [0.1, 0.15) is 10.7 Å². The van der Waals surface area contributed by atoms with Crippen molar-refractivity contribution in [1.82, 2.24) is 4.98 Å². The molecule has 0 N–H and O–H groups in total. The van der Waals surface area contributed by atoms with Crippen LogP contribution in [0, 0.1) is 12.7 Å². The number of carbonyl (C=O) groups is 1. The largest absolute Gasteiger partial charge is 0.462 e. The molecule has 1 heterocycles. The van der Waals surface area contributed by atoms with Crippen molar-refractivity contribution < 1.29 is 13.9 Å². The van der Waals surface area contributed by atoms with Gasteiger partial charge in [0.2, 0.25) is 0 Å². The smallest absolute Gasteiger partial charge is 0.350 e. The molecule has 0 fully saturated rings. The van der Waals surface area contributed by atoms with Crippen LogP contribution in [0.4, 0.5) is 4.39 Å². The first-order valence-electron chi connectivity index (χ1n) is 6.08. The second-order valence-corrected chi connectivity index (χ2v) is 5.66. The second kappa shape index (κ2) is 6.33. The fraction of sp³-hybridized carbons (Fsp3) is 0.286. The van der Waals surface area contributed by atoms with E-state index in [4.69, 9.17) is 16.3 Å². The number of ether oxygens (including phenoxy) is 1. The van der Waals surface area contributed by atoms with Crippen LogP contribution in [0.1, 0.15) is 32.9 Å². The highest BCUT2D eigenvalue weighted by Gasteiger charge is 2.16. The van der Waals surface area contributed by atoms with Gasteiger partial charge in [-0.15, -0.1) is 11.3 Å². The maximum Gasteiger partial charge on any atom is 0.350 e. The van der Waals surface area contributed by atoms with Gasteiger partial charge in [0.15, 0.2) is 0 Å². The lowest BCUT2D eigenvalue weighted by Crippen LogP contribution is -2.03. The topological polar surface area (TPSA) is 39.2 Å². The summed E-state index contributed by atoms with van der Waals surface area (Å²) in [5.41, 5.74) is 1.50. The molecule has 20 heavy (non-hydrogen) atoms. The van der Waals surface area contributed by atoms with Crippen molar-refractivity contribution in [3.05, 3.63) is 50.2 Å². The fourth-order valence-electron chi connectivity index (χ4n) is 1.74. The first-order valence-corrected chi connectivity index (χ1v) is 7.28. The van der Waals surface area contributed by atoms with Gasteiger partial charge in [-0.1, -0.05) is 17.7 Å². The Labute approximate surface area is 125 Å². The number of esters is 1. The van der Waals surface area contributed by atoms with E-state index in [0.717, 1.165) is 10.6 Å². The summed E-state index contributed by atoms with van der Waals surface area (Å²) in [5.74, 6) is -0.802. The van der Waals surface area contributed by atoms with Crippen LogP contribution in [0.5, 0.6) is 0 Å². The maximum atomic E-state index is 13.1. The number of nitrogens with zero attached hydrogens (tertiary/aromatic N) is 1. The highest BCUT2D eigenvalue weighted by Crippen LogP contribution is 2.23. The van der Waals surface area contributed by atoms with Crippen molar-refractivity contribution in [2.75, 3.05) is 6.61 Å². The quantitative estimate of drug-likeness (QED) is 0.801. The highest BCUT2D eigenvalue weighted by molar-refractivity contribution is 7.13. The predicted octanol–water partition coefficient (Wildman–Crippen LogP) is 4.01. The Hall–Kier alpha value is -1.46. The molecule has 1 aromatic heterocycles. The Balaban J connectivity index is 2.20. The van der Waals surface area contributed by atoms with Gasteiger partial charge in [-0.25, -0.2) is 14.2 Å². The third kappa shape index (κ3) is 3.35. The van der Waals surface area contributed by atoms with Crippen molar-refractivity contribution in [3.63, 3.8) is 0 Å². The van der Waals surface area contributed by atoms with Gasteiger partial charge < -0.3 is 4.74 Å². The number of aryl methyl sites for hydroxylation is 1. The molecule has 0 aliphatic heterocycles. The number of carbonyl (C=O) groups excluding carboxylic acids is 1. The molecule has 6 heteroatoms. The SMILES string of the molecule is CCOC(=O)c1sc(Cc2ccc(F)c(Cl)c2)nc1C. The molecule has 2 aromatic rings. The molecule has 0 unspecified atom stereocenters. The third-order valence-electron chi connectivity index (χ3n) is 2.64. The van der Waals surface area contributed by atoms with E-state index in [0.29, 0.717) is 23.6 Å². The van der Waals surface area contributed by atoms with E-state index in [1.807, 2.05) is 0 Å². The fourth-order valence-corrected chi connectivity index (χ4v) is 2.93. The number of rotatable bonds is 4. The molecule has 0 saturated heterocycles. The van der Waals surface area contributed by atoms with E-state index in [9.17, 15) is 9.18 Å². The molecule has 0 amide bonds. The number of benzene rings is 1. The van der Waals surface area contributed by atoms with Gasteiger partial charge >= 0.3 is 5.97 Å². The zero-order valence-corrected chi connectivity index (χ0v) is 12.6. The van der Waals surface area contributed by atoms with Crippen molar-refractivity contribution in [3.8, 4) is 0 Å². The van der Waals surface area contributed by atoms with Crippen LogP contribution < -0.4 is 0 Å². The van der Waals surface area contributed by atoms with Crippen LogP contribution in [0.2, 0.25) is 5.02 Å². The Morgan fingerprint density at radius 3 is 2.90 bits per heavy atom. The second-order valence-electron chi connectivity index (χ2n) is 4.17. The zero-order chi connectivity index (χ0) is 14.7. The predicted molar refractivity (Wildman–Crippen MR) is 77.0 cm³/mol. The summed E-state index contributed by atoms with van der Waals surface area (Å²) < 4.78 is 18.1. The van der Waals surface area contributed by atoms with Gasteiger partial charge in [0, 0.05) is 6.42 Å². The molecule has 1 aromatic carbocycles. The van der Waals surface area contributed by atoms with E-state index in [-0.39, 0.29) is 11.0 Å². The minimum absolute atomic E-state index is 0.0846. The molecule has 0 spiro atoms. The van der Waals surface area contributed by atoms with Gasteiger partial charge in [0.25, 0.3) is 0 Å². The molecule has 0 aliphatic carbocycles. The Morgan fingerprint density at radius 2 is 2.25 bits per heavy atom. The Bertz CT molecular complexity index is 642. The van der Waals surface area contributed by atoms with Crippen molar-refractivity contribution in [2.24, 2.45) is 0 Å². The van der Waals surface area contributed by atoms with Crippen molar-refractivity contribution >= 4 is 28.9 Å². The molecular weight excluding hydrogens is 301 g/mol. The van der Waals surface area contributed by atoms with E-state index in [1.165, 1.54) is 17.4 Å². The van der Waals surface area contributed by atoms with Gasteiger partial charge in [0.05, 0.1) is 22.3 Å². The summed E-state index contributed by atoms with van der Waals surface area (Å²) in [6.07, 6.45) is 0.505. The van der Waals surface area contributed by atoms with Gasteiger partial charge in [-0.3, -0.25) is 0 Å². The molecule has 0 bridgehead atoms. The van der Waals surface area contributed by atoms with Crippen LogP contribution in [0.3, 0.4) is 0 Å². The third-order valence-corrected chi connectivity index (χ3v) is 4.07. The minimum Gasteiger partial charge on any atom is -0.462 e. The van der Waals surface area contributed by atoms with Crippen LogP contribution >= 0.6 is 22.9 Å². The average Bonchev–Trinajstić information content (AvgIpc) is 2.75. The highest BCUT2D eigenvalue weighted by atomic mass is 35.5. The standard InChI is InChI=1S/C14H13ClFNO2S/c1-3-19-14(18)13-8(2)17-12(20-13)7-9-4-5-11(16)10(15)6-9/h4-6H,3,7H2,1-2H3. The molecule has 2 rings (SSSR count). The van der Waals surface area contributed by atoms with E-state index in [2.05, 4.69) is 4.98 Å². The molecule has 0 atom stereocenters. The number of aromatic nitrogens is 1. The zero-order valence-electron chi connectivity index (χ0n) is 11.1. The molecule has 3 nitrogen and oxygen atoms in total. The number of hydrogen-bond donors (Lipinski definition) is 0. The van der Waals surface area contributed by atoms with E-state index >= 15 is 0 Å². The summed E-state index contributed by atoms with van der Waals surface area (Å²) in [5, 5.41) is 0.856. The molecule has 106 valence electrons. The summed E-state index contributed by atoms with van der Waals surface area (Å²) in [7, 11) is 0. The number of thiazole rings is 1. The summed E-state index contributed by atoms with van der Waals surface area (Å²) in [6, 6.07) is 4.55. The Morgan fingerprint density at radius 1 is 1.50 bits per heavy atom. The van der Waals surface area contributed by atoms with E-state index < -0.39 is 5.82 Å². The van der Waals surface area contributed by atoms with Crippen LogP contribution in [-0.4, -0.2) is 17.6 Å². The monoisotopic (exact) mass is 313 g/mol. The van der Waals surface area contributed by atoms with E-state index in [1.54, 1.807) is 26.0 Å². The van der Waals surface area contributed by atoms with Gasteiger partial charge in [-0.2, -0.15) is 0 Å². The van der Waals surface area contributed by atoms with Crippen LogP contribution in [0.25, 0.3) is 0 Å². The Kier molecular flexibility index (Phi) is 4.73. The van der Waals surface area contributed by atoms with Crippen molar-refractivity contribution in [1.29, 1.82) is 0 Å². The van der Waals surface area contributed by atoms with Gasteiger partial charge in [-0.05, 0) is 31.5 Å². The lowest BCUT2D eigenvalue weighted by Gasteiger charge is -2.00. The van der Waals surface area contributed by atoms with Crippen LogP contribution in [0.15, 0.2) is 18.2 Å². The minimum atomic E-state index is -0.446. The lowest BCUT2D eigenvalue weighted by molar-refractivity contribution is 0.0531. The first-order chi connectivity index (χ1) is 9.51. The summed E-state index contributed by atoms with van der Waals surface area (Å²) >= 11 is 7.03. The lowest BCUT2D eigenvalue weighted by atomic mass is 10.1. The van der Waals surface area contributed by atoms with Crippen LogP contribution in [-0.2, 0) is 11.2 Å². The number of halogens is 2. The average molecular weight is 314 g/mol. The number of hydrogen-bond acceptors (Lipinski definition) is 4. The molecule has 0 saturated carbocycles. The molecule has 0 radical (unpaired) electrons.